The van der Waals surface area contributed by atoms with E-state index >= 15 is 0 Å². The second-order valence-electron chi connectivity index (χ2n) is 7.22. The fourth-order valence-electron chi connectivity index (χ4n) is 3.37. The normalized spacial score (nSPS) is 15.3. The minimum absolute atomic E-state index is 0.156. The molecule has 1 fully saturated rings. The number of anilines is 2. The monoisotopic (exact) mass is 458 g/mol. The highest BCUT2D eigenvalue weighted by atomic mass is 35.5. The molecule has 1 saturated heterocycles. The molecular weight excluding hydrogens is 435 g/mol. The van der Waals surface area contributed by atoms with E-state index in [1.807, 2.05) is 14.1 Å². The van der Waals surface area contributed by atoms with E-state index in [0.29, 0.717) is 24.5 Å². The van der Waals surface area contributed by atoms with Gasteiger partial charge in [-0.2, -0.15) is 4.31 Å². The largest absolute Gasteiger partial charge is 0.376 e. The van der Waals surface area contributed by atoms with Gasteiger partial charge in [-0.25, -0.2) is 8.42 Å². The highest BCUT2D eigenvalue weighted by Crippen LogP contribution is 2.31. The first-order valence-electron chi connectivity index (χ1n) is 9.26. The Hall–Kier alpha value is -1.74. The summed E-state index contributed by atoms with van der Waals surface area (Å²) in [6, 6.07) is 6.24. The first-order chi connectivity index (χ1) is 13.6. The quantitative estimate of drug-likeness (QED) is 0.738. The van der Waals surface area contributed by atoms with Gasteiger partial charge in [-0.05, 0) is 37.1 Å². The SMILES string of the molecule is CN(C)c1ccc(S(=O)(=O)N2CCCCC2)cc1NC(=O)c1cc(Cl)c(Cl)n1C. The number of nitrogens with one attached hydrogen (secondary N) is 1. The molecule has 1 N–H and O–H groups in total. The number of halogens is 2. The lowest BCUT2D eigenvalue weighted by atomic mass is 10.2. The molecule has 2 heterocycles. The van der Waals surface area contributed by atoms with Crippen LogP contribution in [0.25, 0.3) is 0 Å². The van der Waals surface area contributed by atoms with Gasteiger partial charge in [-0.3, -0.25) is 4.79 Å². The first-order valence-corrected chi connectivity index (χ1v) is 11.5. The number of hydrogen-bond acceptors (Lipinski definition) is 4. The first kappa shape index (κ1) is 22.0. The van der Waals surface area contributed by atoms with Gasteiger partial charge < -0.3 is 14.8 Å². The molecule has 0 atom stereocenters. The van der Waals surface area contributed by atoms with Crippen molar-refractivity contribution in [2.24, 2.45) is 7.05 Å². The molecule has 0 spiro atoms. The van der Waals surface area contributed by atoms with Crippen molar-refractivity contribution >= 4 is 50.5 Å². The summed E-state index contributed by atoms with van der Waals surface area (Å²) in [7, 11) is 1.65. The summed E-state index contributed by atoms with van der Waals surface area (Å²) < 4.78 is 29.1. The molecule has 1 aromatic heterocycles. The molecule has 3 rings (SSSR count). The molecule has 10 heteroatoms. The summed E-state index contributed by atoms with van der Waals surface area (Å²) in [4.78, 5) is 14.8. The Morgan fingerprint density at radius 1 is 1.10 bits per heavy atom. The fourth-order valence-corrected chi connectivity index (χ4v) is 5.29. The third-order valence-corrected chi connectivity index (χ3v) is 7.74. The molecule has 7 nitrogen and oxygen atoms in total. The second-order valence-corrected chi connectivity index (χ2v) is 9.92. The van der Waals surface area contributed by atoms with Crippen LogP contribution in [-0.2, 0) is 17.1 Å². The van der Waals surface area contributed by atoms with Crippen LogP contribution in [0.4, 0.5) is 11.4 Å². The predicted molar refractivity (Wildman–Crippen MR) is 117 cm³/mol. The van der Waals surface area contributed by atoms with E-state index in [-0.39, 0.29) is 20.8 Å². The van der Waals surface area contributed by atoms with Crippen LogP contribution in [0.15, 0.2) is 29.2 Å². The van der Waals surface area contributed by atoms with E-state index < -0.39 is 15.9 Å². The maximum atomic E-state index is 13.0. The summed E-state index contributed by atoms with van der Waals surface area (Å²) in [5.74, 6) is -0.433. The number of nitrogens with zero attached hydrogens (tertiary/aromatic N) is 3. The Balaban J connectivity index is 1.97. The lowest BCUT2D eigenvalue weighted by Crippen LogP contribution is -2.35. The number of amides is 1. The Kier molecular flexibility index (Phi) is 6.48. The second kappa shape index (κ2) is 8.55. The van der Waals surface area contributed by atoms with Crippen molar-refractivity contribution in [3.8, 4) is 0 Å². The molecule has 29 heavy (non-hydrogen) atoms. The molecule has 1 amide bonds. The van der Waals surface area contributed by atoms with Crippen molar-refractivity contribution < 1.29 is 13.2 Å². The van der Waals surface area contributed by atoms with E-state index in [1.165, 1.54) is 21.0 Å². The summed E-state index contributed by atoms with van der Waals surface area (Å²) in [6.07, 6.45) is 2.75. The van der Waals surface area contributed by atoms with Crippen LogP contribution in [0.5, 0.6) is 0 Å². The number of aromatic nitrogens is 1. The van der Waals surface area contributed by atoms with Crippen molar-refractivity contribution in [3.63, 3.8) is 0 Å². The molecule has 2 aromatic rings. The number of benzene rings is 1. The maximum absolute atomic E-state index is 13.0. The number of carbonyl (C=O) groups is 1. The van der Waals surface area contributed by atoms with Gasteiger partial charge in [0.15, 0.2) is 0 Å². The average Bonchev–Trinajstić information content (AvgIpc) is 2.95. The zero-order valence-corrected chi connectivity index (χ0v) is 18.9. The van der Waals surface area contributed by atoms with Crippen LogP contribution in [0.1, 0.15) is 29.8 Å². The number of sulfonamides is 1. The van der Waals surface area contributed by atoms with Crippen molar-refractivity contribution in [2.75, 3.05) is 37.4 Å². The van der Waals surface area contributed by atoms with Crippen LogP contribution < -0.4 is 10.2 Å². The van der Waals surface area contributed by atoms with Gasteiger partial charge in [0.1, 0.15) is 10.8 Å². The van der Waals surface area contributed by atoms with Crippen molar-refractivity contribution in [3.05, 3.63) is 40.1 Å². The van der Waals surface area contributed by atoms with Gasteiger partial charge >= 0.3 is 0 Å². The van der Waals surface area contributed by atoms with E-state index in [9.17, 15) is 13.2 Å². The number of hydrogen-bond donors (Lipinski definition) is 1. The Labute approximate surface area is 181 Å². The fraction of sp³-hybridized carbons (Fsp3) is 0.421. The summed E-state index contributed by atoms with van der Waals surface area (Å²) in [5.41, 5.74) is 1.35. The molecule has 1 aliphatic heterocycles. The summed E-state index contributed by atoms with van der Waals surface area (Å²) in [5, 5.41) is 3.33. The zero-order chi connectivity index (χ0) is 21.3. The zero-order valence-electron chi connectivity index (χ0n) is 16.6. The molecule has 158 valence electrons. The van der Waals surface area contributed by atoms with E-state index in [4.69, 9.17) is 23.2 Å². The number of carbonyl (C=O) groups excluding carboxylic acids is 1. The topological polar surface area (TPSA) is 74.7 Å². The van der Waals surface area contributed by atoms with Crippen molar-refractivity contribution in [1.29, 1.82) is 0 Å². The van der Waals surface area contributed by atoms with Gasteiger partial charge in [0.25, 0.3) is 5.91 Å². The number of piperidine rings is 1. The molecule has 0 radical (unpaired) electrons. The third kappa shape index (κ3) is 4.40. The minimum atomic E-state index is -3.62. The van der Waals surface area contributed by atoms with E-state index in [1.54, 1.807) is 24.1 Å². The third-order valence-electron chi connectivity index (χ3n) is 5.00. The average molecular weight is 459 g/mol. The molecular formula is C19H24Cl2N4O3S. The molecule has 1 aliphatic rings. The Bertz CT molecular complexity index is 1030. The minimum Gasteiger partial charge on any atom is -0.376 e. The van der Waals surface area contributed by atoms with Crippen molar-refractivity contribution in [1.82, 2.24) is 8.87 Å². The summed E-state index contributed by atoms with van der Waals surface area (Å²) in [6.45, 7) is 1.03. The molecule has 0 saturated carbocycles. The Morgan fingerprint density at radius 3 is 2.31 bits per heavy atom. The maximum Gasteiger partial charge on any atom is 0.272 e. The highest BCUT2D eigenvalue weighted by Gasteiger charge is 2.27. The van der Waals surface area contributed by atoms with Gasteiger partial charge in [0.05, 0.1) is 21.3 Å². The van der Waals surface area contributed by atoms with Crippen LogP contribution >= 0.6 is 23.2 Å². The van der Waals surface area contributed by atoms with Gasteiger partial charge in [0, 0.05) is 34.2 Å². The lowest BCUT2D eigenvalue weighted by molar-refractivity contribution is 0.101. The highest BCUT2D eigenvalue weighted by molar-refractivity contribution is 7.89. The van der Waals surface area contributed by atoms with Crippen LogP contribution in [0, 0.1) is 0 Å². The van der Waals surface area contributed by atoms with E-state index in [0.717, 1.165) is 19.3 Å². The molecule has 1 aromatic carbocycles. The molecule has 0 unspecified atom stereocenters. The predicted octanol–water partition coefficient (Wildman–Crippen LogP) is 3.82. The molecule has 0 bridgehead atoms. The molecule has 0 aliphatic carbocycles. The smallest absolute Gasteiger partial charge is 0.272 e. The van der Waals surface area contributed by atoms with E-state index in [2.05, 4.69) is 5.32 Å². The van der Waals surface area contributed by atoms with Crippen LogP contribution in [0.3, 0.4) is 0 Å². The Morgan fingerprint density at radius 2 is 1.76 bits per heavy atom. The van der Waals surface area contributed by atoms with Crippen molar-refractivity contribution in [2.45, 2.75) is 24.2 Å². The summed E-state index contributed by atoms with van der Waals surface area (Å²) >= 11 is 12.1. The van der Waals surface area contributed by atoms with Crippen LogP contribution in [-0.4, -0.2) is 50.4 Å². The van der Waals surface area contributed by atoms with Gasteiger partial charge in [-0.15, -0.1) is 0 Å². The standard InChI is InChI=1S/C19H24Cl2N4O3S/c1-23(2)16-8-7-13(29(27,28)25-9-5-4-6-10-25)11-15(16)22-19(26)17-12-14(20)18(21)24(17)3/h7-8,11-12H,4-6,9-10H2,1-3H3,(H,22,26). The van der Waals surface area contributed by atoms with Gasteiger partial charge in [-0.1, -0.05) is 29.6 Å². The van der Waals surface area contributed by atoms with Crippen LogP contribution in [0.2, 0.25) is 10.2 Å². The lowest BCUT2D eigenvalue weighted by Gasteiger charge is -2.26. The number of rotatable bonds is 5. The van der Waals surface area contributed by atoms with Gasteiger partial charge in [0.2, 0.25) is 10.0 Å².